The minimum Gasteiger partial charge on any atom is -0.492 e. The molecule has 0 amide bonds. The lowest BCUT2D eigenvalue weighted by molar-refractivity contribution is 0.0861. The van der Waals surface area contributed by atoms with Crippen LogP contribution in [0.2, 0.25) is 0 Å². The summed E-state index contributed by atoms with van der Waals surface area (Å²) in [5, 5.41) is 0. The molecule has 19 heavy (non-hydrogen) atoms. The van der Waals surface area contributed by atoms with Crippen LogP contribution in [0.15, 0.2) is 18.5 Å². The molecular formula is C16H23NO2. The zero-order chi connectivity index (χ0) is 13.7. The Morgan fingerprint density at radius 2 is 2.21 bits per heavy atom. The third kappa shape index (κ3) is 3.55. The van der Waals surface area contributed by atoms with E-state index in [-0.39, 0.29) is 11.7 Å². The van der Waals surface area contributed by atoms with Gasteiger partial charge in [0.15, 0.2) is 5.78 Å². The predicted molar refractivity (Wildman–Crippen MR) is 75.5 cm³/mol. The fourth-order valence-electron chi connectivity index (χ4n) is 2.93. The molecule has 1 saturated carbocycles. The van der Waals surface area contributed by atoms with Gasteiger partial charge in [-0.2, -0.15) is 0 Å². The third-order valence-electron chi connectivity index (χ3n) is 4.04. The molecule has 1 aromatic rings. The number of nitrogens with zero attached hydrogens (tertiary/aromatic N) is 1. The van der Waals surface area contributed by atoms with Gasteiger partial charge in [0.05, 0.1) is 12.8 Å². The Balaban J connectivity index is 2.08. The van der Waals surface area contributed by atoms with Crippen LogP contribution in [0.1, 0.15) is 56.3 Å². The second-order valence-electron chi connectivity index (χ2n) is 5.34. The zero-order valence-electron chi connectivity index (χ0n) is 11.9. The van der Waals surface area contributed by atoms with E-state index in [2.05, 4.69) is 11.9 Å². The van der Waals surface area contributed by atoms with E-state index >= 15 is 0 Å². The van der Waals surface area contributed by atoms with Gasteiger partial charge in [-0.1, -0.05) is 26.2 Å². The highest BCUT2D eigenvalue weighted by atomic mass is 16.5. The molecular weight excluding hydrogens is 238 g/mol. The molecule has 1 fully saturated rings. The molecule has 0 N–H and O–H groups in total. The average Bonchev–Trinajstić information content (AvgIpc) is 2.47. The molecule has 0 bridgehead atoms. The van der Waals surface area contributed by atoms with Crippen molar-refractivity contribution in [2.45, 2.75) is 46.0 Å². The lowest BCUT2D eigenvalue weighted by Gasteiger charge is -2.27. The SMILES string of the molecule is CCOc1cncc(C(=O)C2CCCC(CC)C2)c1. The van der Waals surface area contributed by atoms with Gasteiger partial charge in [-0.15, -0.1) is 0 Å². The van der Waals surface area contributed by atoms with Gasteiger partial charge in [0.25, 0.3) is 0 Å². The highest BCUT2D eigenvalue weighted by molar-refractivity contribution is 5.97. The first kappa shape index (κ1) is 14.0. The number of ether oxygens (including phenoxy) is 1. The second-order valence-corrected chi connectivity index (χ2v) is 5.34. The fraction of sp³-hybridized carbons (Fsp3) is 0.625. The smallest absolute Gasteiger partial charge is 0.167 e. The van der Waals surface area contributed by atoms with Crippen LogP contribution in [-0.2, 0) is 0 Å². The molecule has 2 rings (SSSR count). The van der Waals surface area contributed by atoms with E-state index in [1.165, 1.54) is 19.3 Å². The Hall–Kier alpha value is -1.38. The Bertz CT molecular complexity index is 431. The summed E-state index contributed by atoms with van der Waals surface area (Å²) in [4.78, 5) is 16.6. The second kappa shape index (κ2) is 6.69. The van der Waals surface area contributed by atoms with Gasteiger partial charge in [0.2, 0.25) is 0 Å². The van der Waals surface area contributed by atoms with Crippen molar-refractivity contribution in [1.29, 1.82) is 0 Å². The van der Waals surface area contributed by atoms with Crippen LogP contribution < -0.4 is 4.74 Å². The van der Waals surface area contributed by atoms with E-state index in [1.807, 2.05) is 13.0 Å². The topological polar surface area (TPSA) is 39.2 Å². The van der Waals surface area contributed by atoms with Crippen molar-refractivity contribution in [3.63, 3.8) is 0 Å². The maximum Gasteiger partial charge on any atom is 0.167 e. The average molecular weight is 261 g/mol. The predicted octanol–water partition coefficient (Wildman–Crippen LogP) is 3.88. The summed E-state index contributed by atoms with van der Waals surface area (Å²) in [6.07, 6.45) is 9.02. The molecule has 1 aromatic heterocycles. The van der Waals surface area contributed by atoms with E-state index in [4.69, 9.17) is 4.74 Å². The van der Waals surface area contributed by atoms with Crippen LogP contribution in [-0.4, -0.2) is 17.4 Å². The van der Waals surface area contributed by atoms with Gasteiger partial charge in [0, 0.05) is 17.7 Å². The molecule has 0 aliphatic heterocycles. The molecule has 104 valence electrons. The van der Waals surface area contributed by atoms with Crippen LogP contribution in [0.3, 0.4) is 0 Å². The molecule has 1 aliphatic rings. The van der Waals surface area contributed by atoms with Gasteiger partial charge >= 0.3 is 0 Å². The summed E-state index contributed by atoms with van der Waals surface area (Å²) in [5.74, 6) is 1.83. The Labute approximate surface area is 115 Å². The maximum atomic E-state index is 12.5. The number of carbonyl (C=O) groups excluding carboxylic acids is 1. The van der Waals surface area contributed by atoms with Crippen molar-refractivity contribution in [1.82, 2.24) is 4.98 Å². The molecule has 0 aromatic carbocycles. The first-order chi connectivity index (χ1) is 9.24. The van der Waals surface area contributed by atoms with E-state index in [9.17, 15) is 4.79 Å². The lowest BCUT2D eigenvalue weighted by atomic mass is 9.77. The number of Topliss-reactive ketones (excluding diaryl/α,β-unsaturated/α-hetero) is 1. The van der Waals surface area contributed by atoms with Gasteiger partial charge in [-0.25, -0.2) is 0 Å². The van der Waals surface area contributed by atoms with Crippen molar-refractivity contribution in [2.24, 2.45) is 11.8 Å². The number of pyridine rings is 1. The Kier molecular flexibility index (Phi) is 4.94. The van der Waals surface area contributed by atoms with Gasteiger partial charge in [0.1, 0.15) is 5.75 Å². The summed E-state index contributed by atoms with van der Waals surface area (Å²) in [6.45, 7) is 4.75. The summed E-state index contributed by atoms with van der Waals surface area (Å²) in [7, 11) is 0. The van der Waals surface area contributed by atoms with Crippen molar-refractivity contribution in [3.05, 3.63) is 24.0 Å². The number of rotatable bonds is 5. The minimum atomic E-state index is 0.178. The van der Waals surface area contributed by atoms with Crippen molar-refractivity contribution in [2.75, 3.05) is 6.61 Å². The van der Waals surface area contributed by atoms with Crippen LogP contribution >= 0.6 is 0 Å². The van der Waals surface area contributed by atoms with Crippen molar-refractivity contribution < 1.29 is 9.53 Å². The lowest BCUT2D eigenvalue weighted by Crippen LogP contribution is -2.23. The largest absolute Gasteiger partial charge is 0.492 e. The molecule has 0 spiro atoms. The van der Waals surface area contributed by atoms with Crippen LogP contribution in [0.5, 0.6) is 5.75 Å². The molecule has 0 radical (unpaired) electrons. The van der Waals surface area contributed by atoms with E-state index in [0.717, 1.165) is 12.8 Å². The number of carbonyl (C=O) groups is 1. The maximum absolute atomic E-state index is 12.5. The molecule has 1 heterocycles. The minimum absolute atomic E-state index is 0.178. The number of aromatic nitrogens is 1. The van der Waals surface area contributed by atoms with Crippen molar-refractivity contribution >= 4 is 5.78 Å². The van der Waals surface area contributed by atoms with Gasteiger partial charge < -0.3 is 4.74 Å². The molecule has 3 nitrogen and oxygen atoms in total. The summed E-state index contributed by atoms with van der Waals surface area (Å²) >= 11 is 0. The first-order valence-corrected chi connectivity index (χ1v) is 7.36. The quantitative estimate of drug-likeness (QED) is 0.755. The molecule has 2 atom stereocenters. The highest BCUT2D eigenvalue weighted by Gasteiger charge is 2.27. The zero-order valence-corrected chi connectivity index (χ0v) is 11.9. The number of ketones is 1. The van der Waals surface area contributed by atoms with Gasteiger partial charge in [-0.05, 0) is 31.7 Å². The Morgan fingerprint density at radius 3 is 2.95 bits per heavy atom. The number of hydrogen-bond acceptors (Lipinski definition) is 3. The summed E-state index contributed by atoms with van der Waals surface area (Å²) < 4.78 is 5.41. The third-order valence-corrected chi connectivity index (χ3v) is 4.04. The highest BCUT2D eigenvalue weighted by Crippen LogP contribution is 2.33. The monoisotopic (exact) mass is 261 g/mol. The summed E-state index contributed by atoms with van der Waals surface area (Å²) in [5.41, 5.74) is 0.702. The van der Waals surface area contributed by atoms with E-state index < -0.39 is 0 Å². The summed E-state index contributed by atoms with van der Waals surface area (Å²) in [6, 6.07) is 1.83. The molecule has 1 aliphatic carbocycles. The molecule has 2 unspecified atom stereocenters. The van der Waals surface area contributed by atoms with E-state index in [1.54, 1.807) is 12.4 Å². The van der Waals surface area contributed by atoms with Gasteiger partial charge in [-0.3, -0.25) is 9.78 Å². The number of hydrogen-bond donors (Lipinski definition) is 0. The normalized spacial score (nSPS) is 23.1. The van der Waals surface area contributed by atoms with Crippen LogP contribution in [0.4, 0.5) is 0 Å². The van der Waals surface area contributed by atoms with Crippen molar-refractivity contribution in [3.8, 4) is 5.75 Å². The molecule has 0 saturated heterocycles. The molecule has 3 heteroatoms. The standard InChI is InChI=1S/C16H23NO2/c1-3-12-6-5-7-13(8-12)16(18)14-9-15(19-4-2)11-17-10-14/h9-13H,3-8H2,1-2H3. The first-order valence-electron chi connectivity index (χ1n) is 7.36. The Morgan fingerprint density at radius 1 is 1.37 bits per heavy atom. The fourth-order valence-corrected chi connectivity index (χ4v) is 2.93. The van der Waals surface area contributed by atoms with E-state index in [0.29, 0.717) is 23.8 Å². The van der Waals surface area contributed by atoms with Crippen LogP contribution in [0, 0.1) is 11.8 Å². The van der Waals surface area contributed by atoms with Crippen LogP contribution in [0.25, 0.3) is 0 Å².